The normalized spacial score (nSPS) is 11.1. The number of unbranched alkanes of at least 4 members (excludes halogenated alkanes) is 21. The quantitative estimate of drug-likeness (QED) is 0.0695. The molecular formula is C32H66N4O2. The van der Waals surface area contributed by atoms with Gasteiger partial charge in [-0.15, -0.1) is 0 Å². The maximum atomic E-state index is 12.0. The van der Waals surface area contributed by atoms with E-state index in [2.05, 4.69) is 10.6 Å². The van der Waals surface area contributed by atoms with Gasteiger partial charge < -0.3 is 22.1 Å². The summed E-state index contributed by atoms with van der Waals surface area (Å²) in [6.45, 7) is 3.28. The molecular weight excluding hydrogens is 472 g/mol. The maximum Gasteiger partial charge on any atom is 0.219 e. The Morgan fingerprint density at radius 2 is 0.579 bits per heavy atom. The number of carbonyl (C=O) groups is 2. The first kappa shape index (κ1) is 36.9. The highest BCUT2D eigenvalue weighted by Gasteiger charge is 2.03. The van der Waals surface area contributed by atoms with Crippen molar-refractivity contribution >= 4 is 11.8 Å². The average molecular weight is 539 g/mol. The van der Waals surface area contributed by atoms with Gasteiger partial charge in [-0.1, -0.05) is 116 Å². The van der Waals surface area contributed by atoms with Gasteiger partial charge in [-0.05, 0) is 51.6 Å². The molecule has 0 unspecified atom stereocenters. The van der Waals surface area contributed by atoms with Gasteiger partial charge in [-0.25, -0.2) is 0 Å². The largest absolute Gasteiger partial charge is 0.356 e. The van der Waals surface area contributed by atoms with Crippen LogP contribution in [0.25, 0.3) is 0 Å². The van der Waals surface area contributed by atoms with Crippen molar-refractivity contribution in [2.45, 2.75) is 167 Å². The van der Waals surface area contributed by atoms with Crippen LogP contribution >= 0.6 is 0 Å². The van der Waals surface area contributed by atoms with Crippen LogP contribution in [0.4, 0.5) is 0 Å². The monoisotopic (exact) mass is 539 g/mol. The van der Waals surface area contributed by atoms with Gasteiger partial charge in [0.25, 0.3) is 0 Å². The lowest BCUT2D eigenvalue weighted by atomic mass is 10.1. The first-order valence-electron chi connectivity index (χ1n) is 16.6. The van der Waals surface area contributed by atoms with Gasteiger partial charge in [0.2, 0.25) is 11.8 Å². The van der Waals surface area contributed by atoms with Crippen LogP contribution < -0.4 is 22.1 Å². The van der Waals surface area contributed by atoms with Crippen molar-refractivity contribution in [1.29, 1.82) is 0 Å². The lowest BCUT2D eigenvalue weighted by molar-refractivity contribution is -0.122. The van der Waals surface area contributed by atoms with Crippen molar-refractivity contribution in [3.05, 3.63) is 0 Å². The highest BCUT2D eigenvalue weighted by atomic mass is 16.2. The van der Waals surface area contributed by atoms with Crippen LogP contribution in [-0.2, 0) is 9.59 Å². The van der Waals surface area contributed by atoms with E-state index in [-0.39, 0.29) is 11.8 Å². The molecule has 0 fully saturated rings. The molecule has 38 heavy (non-hydrogen) atoms. The summed E-state index contributed by atoms with van der Waals surface area (Å²) in [7, 11) is 0. The van der Waals surface area contributed by atoms with E-state index in [1.165, 1.54) is 116 Å². The number of rotatable bonds is 31. The molecule has 0 atom stereocenters. The van der Waals surface area contributed by atoms with E-state index in [1.807, 2.05) is 0 Å². The molecule has 0 bridgehead atoms. The third-order valence-electron chi connectivity index (χ3n) is 7.46. The Morgan fingerprint density at radius 3 is 0.868 bits per heavy atom. The summed E-state index contributed by atoms with van der Waals surface area (Å²) in [5.41, 5.74) is 11.0. The first-order valence-corrected chi connectivity index (χ1v) is 16.6. The van der Waals surface area contributed by atoms with Gasteiger partial charge in [0.1, 0.15) is 0 Å². The summed E-state index contributed by atoms with van der Waals surface area (Å²) in [5.74, 6) is 0.366. The fraction of sp³-hybridized carbons (Fsp3) is 0.938. The lowest BCUT2D eigenvalue weighted by Gasteiger charge is -2.07. The standard InChI is InChI=1S/C32H66N4O2/c33-27-21-15-9-5-1-3-7-11-17-23-29-35-31(37)25-19-13-14-20-26-32(38)36-30-24-18-12-8-4-2-6-10-16-22-28-34/h1-30,33-34H2,(H,35,37)(H,36,38). The molecule has 0 aliphatic rings. The van der Waals surface area contributed by atoms with Crippen LogP contribution in [0, 0.1) is 0 Å². The fourth-order valence-electron chi connectivity index (χ4n) is 4.92. The van der Waals surface area contributed by atoms with Gasteiger partial charge in [0, 0.05) is 25.9 Å². The summed E-state index contributed by atoms with van der Waals surface area (Å²) >= 11 is 0. The molecule has 6 heteroatoms. The van der Waals surface area contributed by atoms with Crippen molar-refractivity contribution in [3.8, 4) is 0 Å². The van der Waals surface area contributed by atoms with Crippen molar-refractivity contribution in [2.75, 3.05) is 26.2 Å². The Labute approximate surface area is 236 Å². The van der Waals surface area contributed by atoms with E-state index in [1.54, 1.807) is 0 Å². The van der Waals surface area contributed by atoms with E-state index in [0.717, 1.165) is 64.7 Å². The lowest BCUT2D eigenvalue weighted by Crippen LogP contribution is -2.24. The van der Waals surface area contributed by atoms with Gasteiger partial charge >= 0.3 is 0 Å². The highest BCUT2D eigenvalue weighted by Crippen LogP contribution is 2.11. The third-order valence-corrected chi connectivity index (χ3v) is 7.46. The topological polar surface area (TPSA) is 110 Å². The summed E-state index contributed by atoms with van der Waals surface area (Å²) in [5, 5.41) is 6.12. The molecule has 0 saturated heterocycles. The number of hydrogen-bond acceptors (Lipinski definition) is 4. The molecule has 0 aromatic carbocycles. The zero-order valence-electron chi connectivity index (χ0n) is 25.2. The van der Waals surface area contributed by atoms with E-state index in [9.17, 15) is 9.59 Å². The van der Waals surface area contributed by atoms with Crippen LogP contribution in [-0.4, -0.2) is 38.0 Å². The molecule has 0 aromatic rings. The van der Waals surface area contributed by atoms with Crippen molar-refractivity contribution in [1.82, 2.24) is 10.6 Å². The van der Waals surface area contributed by atoms with Crippen LogP contribution in [0.5, 0.6) is 0 Å². The Hall–Kier alpha value is -1.14. The summed E-state index contributed by atoms with van der Waals surface area (Å²) < 4.78 is 0. The van der Waals surface area contributed by atoms with E-state index >= 15 is 0 Å². The number of nitrogens with two attached hydrogens (primary N) is 2. The molecule has 0 aromatic heterocycles. The Bertz CT molecular complexity index is 458. The number of carbonyl (C=O) groups excluding carboxylic acids is 2. The molecule has 0 heterocycles. The molecule has 6 nitrogen and oxygen atoms in total. The summed E-state index contributed by atoms with van der Waals surface area (Å²) in [6, 6.07) is 0. The second kappa shape index (κ2) is 32.1. The van der Waals surface area contributed by atoms with Crippen molar-refractivity contribution < 1.29 is 9.59 Å². The molecule has 0 aliphatic carbocycles. The second-order valence-electron chi connectivity index (χ2n) is 11.3. The Morgan fingerprint density at radius 1 is 0.342 bits per heavy atom. The minimum Gasteiger partial charge on any atom is -0.356 e. The Kier molecular flexibility index (Phi) is 31.1. The zero-order valence-corrected chi connectivity index (χ0v) is 25.2. The predicted octanol–water partition coefficient (Wildman–Crippen LogP) is 7.28. The van der Waals surface area contributed by atoms with E-state index in [0.29, 0.717) is 12.8 Å². The highest BCUT2D eigenvalue weighted by molar-refractivity contribution is 5.76. The zero-order chi connectivity index (χ0) is 27.8. The molecule has 0 radical (unpaired) electrons. The minimum absolute atomic E-state index is 0.183. The van der Waals surface area contributed by atoms with Crippen molar-refractivity contribution in [3.63, 3.8) is 0 Å². The fourth-order valence-corrected chi connectivity index (χ4v) is 4.92. The average Bonchev–Trinajstić information content (AvgIpc) is 2.91. The van der Waals surface area contributed by atoms with Crippen LogP contribution in [0.3, 0.4) is 0 Å². The summed E-state index contributed by atoms with van der Waals surface area (Å²) in [4.78, 5) is 23.9. The molecule has 0 spiro atoms. The van der Waals surface area contributed by atoms with Crippen LogP contribution in [0.2, 0.25) is 0 Å². The predicted molar refractivity (Wildman–Crippen MR) is 164 cm³/mol. The molecule has 0 saturated carbocycles. The van der Waals surface area contributed by atoms with Gasteiger partial charge in [0.15, 0.2) is 0 Å². The third kappa shape index (κ3) is 31.1. The molecule has 0 aliphatic heterocycles. The first-order chi connectivity index (χ1) is 18.7. The van der Waals surface area contributed by atoms with Crippen molar-refractivity contribution in [2.24, 2.45) is 11.5 Å². The van der Waals surface area contributed by atoms with Gasteiger partial charge in [-0.3, -0.25) is 9.59 Å². The van der Waals surface area contributed by atoms with Crippen LogP contribution in [0.15, 0.2) is 0 Å². The Balaban J connectivity index is 3.26. The molecule has 0 rings (SSSR count). The molecule has 6 N–H and O–H groups in total. The minimum atomic E-state index is 0.183. The SMILES string of the molecule is NCCCCCCCCCCCCNC(=O)CCCCCCC(=O)NCCCCCCCCCCCCN. The number of hydrogen-bond donors (Lipinski definition) is 4. The van der Waals surface area contributed by atoms with Gasteiger partial charge in [0.05, 0.1) is 0 Å². The maximum absolute atomic E-state index is 12.0. The molecule has 226 valence electrons. The second-order valence-corrected chi connectivity index (χ2v) is 11.3. The van der Waals surface area contributed by atoms with Gasteiger partial charge in [-0.2, -0.15) is 0 Å². The summed E-state index contributed by atoms with van der Waals surface area (Å²) in [6.07, 6.45) is 30.6. The number of amides is 2. The smallest absolute Gasteiger partial charge is 0.219 e. The number of nitrogens with one attached hydrogen (secondary N) is 2. The van der Waals surface area contributed by atoms with E-state index in [4.69, 9.17) is 11.5 Å². The van der Waals surface area contributed by atoms with E-state index < -0.39 is 0 Å². The molecule has 2 amide bonds. The van der Waals surface area contributed by atoms with Crippen LogP contribution in [0.1, 0.15) is 167 Å².